The zero-order chi connectivity index (χ0) is 17.1. The Balaban J connectivity index is 1.88. The molecule has 23 heavy (non-hydrogen) atoms. The van der Waals surface area contributed by atoms with Gasteiger partial charge in [0, 0.05) is 25.0 Å². The van der Waals surface area contributed by atoms with Crippen molar-refractivity contribution in [1.82, 2.24) is 4.90 Å². The van der Waals surface area contributed by atoms with E-state index in [1.807, 2.05) is 11.8 Å². The van der Waals surface area contributed by atoms with Crippen molar-refractivity contribution in [2.75, 3.05) is 13.1 Å². The van der Waals surface area contributed by atoms with Crippen molar-refractivity contribution in [1.29, 1.82) is 0 Å². The molecule has 5 N–H and O–H groups in total. The van der Waals surface area contributed by atoms with Gasteiger partial charge in [0.2, 0.25) is 5.91 Å². The van der Waals surface area contributed by atoms with E-state index < -0.39 is 12.1 Å². The predicted octanol–water partition coefficient (Wildman–Crippen LogP) is 1.28. The highest BCUT2D eigenvalue weighted by Gasteiger charge is 2.40. The molecular formula is C16H29Cl2N3O2. The highest BCUT2D eigenvalue weighted by molar-refractivity contribution is 6.30. The van der Waals surface area contributed by atoms with Crippen molar-refractivity contribution in [3.63, 3.8) is 0 Å². The average Bonchev–Trinajstić information content (AvgIpc) is 2.56. The summed E-state index contributed by atoms with van der Waals surface area (Å²) >= 11 is 12.4. The maximum atomic E-state index is 12.1. The van der Waals surface area contributed by atoms with Gasteiger partial charge in [0.05, 0.1) is 22.9 Å². The highest BCUT2D eigenvalue weighted by Crippen LogP contribution is 2.36. The van der Waals surface area contributed by atoms with Gasteiger partial charge in [-0.05, 0) is 38.0 Å². The summed E-state index contributed by atoms with van der Waals surface area (Å²) < 4.78 is 0. The smallest absolute Gasteiger partial charge is 0.239 e. The lowest BCUT2D eigenvalue weighted by molar-refractivity contribution is -0.134. The molecule has 2 aliphatic rings. The molecule has 1 amide bonds. The maximum absolute atomic E-state index is 12.1. The number of piperidine rings is 1. The van der Waals surface area contributed by atoms with Gasteiger partial charge in [-0.25, -0.2) is 0 Å². The number of nitrogens with zero attached hydrogens (tertiary/aromatic N) is 1. The van der Waals surface area contributed by atoms with Crippen LogP contribution >= 0.6 is 23.2 Å². The predicted molar refractivity (Wildman–Crippen MR) is 93.6 cm³/mol. The molecule has 0 aromatic heterocycles. The molecule has 2 rings (SSSR count). The van der Waals surface area contributed by atoms with Crippen molar-refractivity contribution < 1.29 is 9.90 Å². The molecule has 1 saturated carbocycles. The van der Waals surface area contributed by atoms with Crippen molar-refractivity contribution in [2.45, 2.75) is 68.0 Å². The lowest BCUT2D eigenvalue weighted by Crippen LogP contribution is -2.53. The Kier molecular flexibility index (Phi) is 6.99. The van der Waals surface area contributed by atoms with E-state index >= 15 is 0 Å². The van der Waals surface area contributed by atoms with E-state index in [-0.39, 0.29) is 28.6 Å². The van der Waals surface area contributed by atoms with Crippen molar-refractivity contribution in [2.24, 2.45) is 23.3 Å². The summed E-state index contributed by atoms with van der Waals surface area (Å²) in [6.07, 6.45) is 3.02. The molecule has 1 aliphatic heterocycles. The average molecular weight is 366 g/mol. The summed E-state index contributed by atoms with van der Waals surface area (Å²) in [7, 11) is 0. The van der Waals surface area contributed by atoms with Gasteiger partial charge in [-0.1, -0.05) is 6.92 Å². The Labute approximate surface area is 148 Å². The first kappa shape index (κ1) is 19.3. The first-order chi connectivity index (χ1) is 10.8. The standard InChI is InChI=1S/C16H29Cl2N3O2/c1-2-13(19)16(23)21-5-3-9(4-6-21)15(20)10-7-11(17)12(18)8-14(10)22/h9-15,22H,2-8,19-20H2,1H3/t10?,11?,12?,13-,14?,15+/m0/s1. The molecule has 0 spiro atoms. The number of alkyl halides is 2. The minimum atomic E-state index is -0.490. The van der Waals surface area contributed by atoms with Crippen molar-refractivity contribution in [3.05, 3.63) is 0 Å². The second-order valence-electron chi connectivity index (χ2n) is 6.99. The second kappa shape index (κ2) is 8.34. The maximum Gasteiger partial charge on any atom is 0.239 e. The van der Waals surface area contributed by atoms with E-state index in [4.69, 9.17) is 34.7 Å². The fraction of sp³-hybridized carbons (Fsp3) is 0.938. The van der Waals surface area contributed by atoms with Crippen molar-refractivity contribution in [3.8, 4) is 0 Å². The quantitative estimate of drug-likeness (QED) is 0.654. The third-order valence-electron chi connectivity index (χ3n) is 5.50. The molecule has 0 radical (unpaired) electrons. The normalized spacial score (nSPS) is 35.8. The molecule has 6 atom stereocenters. The van der Waals surface area contributed by atoms with Gasteiger partial charge < -0.3 is 21.5 Å². The monoisotopic (exact) mass is 365 g/mol. The third kappa shape index (κ3) is 4.51. The van der Waals surface area contributed by atoms with E-state index in [0.717, 1.165) is 12.8 Å². The summed E-state index contributed by atoms with van der Waals surface area (Å²) in [6, 6.07) is -0.509. The molecule has 4 unspecified atom stereocenters. The number of amides is 1. The van der Waals surface area contributed by atoms with Gasteiger partial charge in [0.15, 0.2) is 0 Å². The van der Waals surface area contributed by atoms with E-state index in [2.05, 4.69) is 0 Å². The molecule has 0 bridgehead atoms. The number of rotatable bonds is 4. The lowest BCUT2D eigenvalue weighted by atomic mass is 9.74. The zero-order valence-electron chi connectivity index (χ0n) is 13.7. The lowest BCUT2D eigenvalue weighted by Gasteiger charge is -2.42. The van der Waals surface area contributed by atoms with Gasteiger partial charge in [0.1, 0.15) is 0 Å². The number of hydrogen-bond donors (Lipinski definition) is 3. The fourth-order valence-electron chi connectivity index (χ4n) is 3.80. The summed E-state index contributed by atoms with van der Waals surface area (Å²) in [6.45, 7) is 3.30. The summed E-state index contributed by atoms with van der Waals surface area (Å²) in [5, 5.41) is 9.97. The Hall–Kier alpha value is -0.0700. The molecule has 0 aromatic carbocycles. The van der Waals surface area contributed by atoms with Gasteiger partial charge in [-0.15, -0.1) is 23.2 Å². The fourth-order valence-corrected chi connectivity index (χ4v) is 4.39. The molecule has 1 heterocycles. The van der Waals surface area contributed by atoms with Gasteiger partial charge >= 0.3 is 0 Å². The Morgan fingerprint density at radius 1 is 1.22 bits per heavy atom. The minimum Gasteiger partial charge on any atom is -0.393 e. The first-order valence-electron chi connectivity index (χ1n) is 8.61. The second-order valence-corrected chi connectivity index (χ2v) is 8.11. The molecule has 1 aliphatic carbocycles. The van der Waals surface area contributed by atoms with Crippen LogP contribution in [-0.4, -0.2) is 57.9 Å². The van der Waals surface area contributed by atoms with Gasteiger partial charge in [0.25, 0.3) is 0 Å². The van der Waals surface area contributed by atoms with Crippen LogP contribution in [0.3, 0.4) is 0 Å². The molecule has 7 heteroatoms. The largest absolute Gasteiger partial charge is 0.393 e. The zero-order valence-corrected chi connectivity index (χ0v) is 15.2. The molecule has 2 fully saturated rings. The number of hydrogen-bond acceptors (Lipinski definition) is 4. The number of halogens is 2. The van der Waals surface area contributed by atoms with Crippen LogP contribution in [0.2, 0.25) is 0 Å². The van der Waals surface area contributed by atoms with Crippen LogP contribution in [0.5, 0.6) is 0 Å². The van der Waals surface area contributed by atoms with Crippen LogP contribution in [0.15, 0.2) is 0 Å². The van der Waals surface area contributed by atoms with Crippen LogP contribution in [0, 0.1) is 11.8 Å². The topological polar surface area (TPSA) is 92.6 Å². The van der Waals surface area contributed by atoms with Crippen LogP contribution in [0.25, 0.3) is 0 Å². The van der Waals surface area contributed by atoms with E-state index in [1.165, 1.54) is 0 Å². The van der Waals surface area contributed by atoms with Crippen LogP contribution < -0.4 is 11.5 Å². The number of aliphatic hydroxyl groups excluding tert-OH is 1. The molecule has 0 aromatic rings. The van der Waals surface area contributed by atoms with E-state index in [0.29, 0.717) is 38.3 Å². The number of carbonyl (C=O) groups excluding carboxylic acids is 1. The van der Waals surface area contributed by atoms with E-state index in [9.17, 15) is 9.90 Å². The van der Waals surface area contributed by atoms with Crippen LogP contribution in [-0.2, 0) is 4.79 Å². The first-order valence-corrected chi connectivity index (χ1v) is 9.48. The number of aliphatic hydroxyl groups is 1. The number of nitrogens with two attached hydrogens (primary N) is 2. The Morgan fingerprint density at radius 3 is 2.35 bits per heavy atom. The van der Waals surface area contributed by atoms with Crippen molar-refractivity contribution >= 4 is 29.1 Å². The Bertz CT molecular complexity index is 405. The third-order valence-corrected chi connectivity index (χ3v) is 6.59. The van der Waals surface area contributed by atoms with Crippen LogP contribution in [0.4, 0.5) is 0 Å². The number of likely N-dealkylation sites (tertiary alicyclic amines) is 1. The Morgan fingerprint density at radius 2 is 1.78 bits per heavy atom. The van der Waals surface area contributed by atoms with Gasteiger partial charge in [-0.2, -0.15) is 0 Å². The number of carbonyl (C=O) groups is 1. The van der Waals surface area contributed by atoms with Crippen LogP contribution in [0.1, 0.15) is 39.0 Å². The molecule has 1 saturated heterocycles. The minimum absolute atomic E-state index is 0.0161. The molecule has 134 valence electrons. The highest BCUT2D eigenvalue weighted by atomic mass is 35.5. The molecular weight excluding hydrogens is 337 g/mol. The van der Waals surface area contributed by atoms with E-state index in [1.54, 1.807) is 0 Å². The molecule has 5 nitrogen and oxygen atoms in total. The summed E-state index contributed by atoms with van der Waals surface area (Å²) in [4.78, 5) is 14.0. The SMILES string of the molecule is CC[C@H](N)C(=O)N1CCC([C@@H](N)C2CC(Cl)C(Cl)CC2O)CC1. The van der Waals surface area contributed by atoms with Gasteiger partial charge in [-0.3, -0.25) is 4.79 Å². The summed E-state index contributed by atoms with van der Waals surface area (Å²) in [5.74, 6) is 0.313. The summed E-state index contributed by atoms with van der Waals surface area (Å²) in [5.41, 5.74) is 12.3.